The van der Waals surface area contributed by atoms with Gasteiger partial charge in [0.1, 0.15) is 0 Å². The number of aliphatic hydroxyl groups excluding tert-OH is 1. The summed E-state index contributed by atoms with van der Waals surface area (Å²) >= 11 is 0. The van der Waals surface area contributed by atoms with Crippen LogP contribution in [0.15, 0.2) is 0 Å². The van der Waals surface area contributed by atoms with Crippen LogP contribution in [-0.4, -0.2) is 11.2 Å². The highest BCUT2D eigenvalue weighted by Crippen LogP contribution is 2.21. The van der Waals surface area contributed by atoms with Gasteiger partial charge in [-0.05, 0) is 31.1 Å². The average molecular weight is 439 g/mol. The minimum Gasteiger partial charge on any atom is -0.393 e. The number of unbranched alkanes of at least 4 members (excludes halogenated alkanes) is 13. The van der Waals surface area contributed by atoms with E-state index in [0.29, 0.717) is 5.92 Å². The van der Waals surface area contributed by atoms with Crippen molar-refractivity contribution in [2.75, 3.05) is 0 Å². The molecule has 0 spiro atoms. The highest BCUT2D eigenvalue weighted by Gasteiger charge is 2.09. The van der Waals surface area contributed by atoms with E-state index in [-0.39, 0.29) is 6.10 Å². The van der Waals surface area contributed by atoms with Crippen LogP contribution < -0.4 is 0 Å². The van der Waals surface area contributed by atoms with Gasteiger partial charge in [0.15, 0.2) is 0 Å². The van der Waals surface area contributed by atoms with Crippen molar-refractivity contribution in [1.82, 2.24) is 0 Å². The van der Waals surface area contributed by atoms with Gasteiger partial charge < -0.3 is 5.11 Å². The molecule has 0 saturated heterocycles. The monoisotopic (exact) mass is 438 g/mol. The molecule has 1 heteroatoms. The van der Waals surface area contributed by atoms with E-state index in [9.17, 15) is 5.11 Å². The van der Waals surface area contributed by atoms with E-state index in [1.807, 2.05) is 6.92 Å². The normalized spacial score (nSPS) is 15.7. The second kappa shape index (κ2) is 23.1. The van der Waals surface area contributed by atoms with Gasteiger partial charge in [-0.3, -0.25) is 0 Å². The summed E-state index contributed by atoms with van der Waals surface area (Å²) in [5, 5.41) is 9.57. The lowest BCUT2D eigenvalue weighted by Gasteiger charge is -2.16. The van der Waals surface area contributed by atoms with Crippen molar-refractivity contribution in [3.05, 3.63) is 0 Å². The van der Waals surface area contributed by atoms with Crippen molar-refractivity contribution in [3.8, 4) is 0 Å². The van der Waals surface area contributed by atoms with Gasteiger partial charge in [-0.2, -0.15) is 0 Å². The van der Waals surface area contributed by atoms with Crippen LogP contribution in [0.2, 0.25) is 0 Å². The van der Waals surface area contributed by atoms with Crippen LogP contribution >= 0.6 is 0 Å². The third kappa shape index (κ3) is 22.9. The van der Waals surface area contributed by atoms with E-state index in [2.05, 4.69) is 27.7 Å². The molecule has 0 aromatic heterocycles. The van der Waals surface area contributed by atoms with E-state index in [1.165, 1.54) is 135 Å². The van der Waals surface area contributed by atoms with Crippen LogP contribution in [0.4, 0.5) is 0 Å². The minimum absolute atomic E-state index is 0.145. The average Bonchev–Trinajstić information content (AvgIpc) is 2.74. The Balaban J connectivity index is 3.31. The van der Waals surface area contributed by atoms with Crippen molar-refractivity contribution in [1.29, 1.82) is 0 Å². The fourth-order valence-electron chi connectivity index (χ4n) is 4.81. The van der Waals surface area contributed by atoms with Gasteiger partial charge in [0, 0.05) is 0 Å². The lowest BCUT2D eigenvalue weighted by atomic mass is 9.92. The summed E-state index contributed by atoms with van der Waals surface area (Å²) in [5.74, 6) is 2.26. The maximum Gasteiger partial charge on any atom is 0.0537 e. The molecule has 0 radical (unpaired) electrons. The summed E-state index contributed by atoms with van der Waals surface area (Å²) in [5.41, 5.74) is 0. The van der Waals surface area contributed by atoms with E-state index in [4.69, 9.17) is 0 Å². The van der Waals surface area contributed by atoms with Gasteiger partial charge in [0.25, 0.3) is 0 Å². The summed E-state index contributed by atoms with van der Waals surface area (Å²) in [6.45, 7) is 11.3. The molecule has 188 valence electrons. The van der Waals surface area contributed by atoms with E-state index in [0.717, 1.165) is 11.8 Å². The number of aliphatic hydroxyl groups is 1. The van der Waals surface area contributed by atoms with E-state index in [1.54, 1.807) is 0 Å². The number of hydrogen-bond acceptors (Lipinski definition) is 1. The SMILES string of the molecule is CCCCCCCCCCCCC(C)CCCCCCCC(C)CCCC(C)C(C)O. The van der Waals surface area contributed by atoms with Gasteiger partial charge in [0.05, 0.1) is 6.10 Å². The third-order valence-corrected chi connectivity index (χ3v) is 7.62. The van der Waals surface area contributed by atoms with Crippen molar-refractivity contribution >= 4 is 0 Å². The molecule has 0 fully saturated rings. The lowest BCUT2D eigenvalue weighted by Crippen LogP contribution is -2.13. The topological polar surface area (TPSA) is 20.2 Å². The first kappa shape index (κ1) is 31.0. The molecule has 0 amide bonds. The lowest BCUT2D eigenvalue weighted by molar-refractivity contribution is 0.127. The first-order valence-electron chi connectivity index (χ1n) is 14.6. The van der Waals surface area contributed by atoms with Crippen molar-refractivity contribution in [2.24, 2.45) is 17.8 Å². The molecule has 1 N–H and O–H groups in total. The van der Waals surface area contributed by atoms with Crippen LogP contribution in [0.25, 0.3) is 0 Å². The summed E-state index contributed by atoms with van der Waals surface area (Å²) in [6.07, 6.45) is 29.7. The van der Waals surface area contributed by atoms with Gasteiger partial charge in [0.2, 0.25) is 0 Å². The Bertz CT molecular complexity index is 337. The molecule has 4 unspecified atom stereocenters. The minimum atomic E-state index is -0.145. The zero-order chi connectivity index (χ0) is 23.2. The van der Waals surface area contributed by atoms with Crippen LogP contribution in [0.5, 0.6) is 0 Å². The van der Waals surface area contributed by atoms with Gasteiger partial charge in [-0.15, -0.1) is 0 Å². The molecule has 0 heterocycles. The molecule has 4 atom stereocenters. The molecule has 0 aromatic carbocycles. The third-order valence-electron chi connectivity index (χ3n) is 7.62. The zero-order valence-electron chi connectivity index (χ0n) is 22.6. The Labute approximate surface area is 198 Å². The summed E-state index contributed by atoms with van der Waals surface area (Å²) in [7, 11) is 0. The smallest absolute Gasteiger partial charge is 0.0537 e. The first-order valence-corrected chi connectivity index (χ1v) is 14.6. The summed E-state index contributed by atoms with van der Waals surface area (Å²) in [6, 6.07) is 0. The standard InChI is InChI=1S/C30H62O/c1-6-7-8-9-10-11-12-13-15-18-22-27(2)23-19-16-14-17-20-24-28(3)25-21-26-29(4)30(5)31/h27-31H,6-26H2,1-5H3. The molecule has 0 aliphatic carbocycles. The quantitative estimate of drug-likeness (QED) is 0.149. The Morgan fingerprint density at radius 3 is 1.10 bits per heavy atom. The molecule has 0 bridgehead atoms. The van der Waals surface area contributed by atoms with Crippen LogP contribution in [0, 0.1) is 17.8 Å². The summed E-state index contributed by atoms with van der Waals surface area (Å²) < 4.78 is 0. The van der Waals surface area contributed by atoms with Crippen LogP contribution in [-0.2, 0) is 0 Å². The van der Waals surface area contributed by atoms with Gasteiger partial charge in [-0.1, -0.05) is 156 Å². The molecule has 0 aliphatic rings. The molecular formula is C30H62O. The van der Waals surface area contributed by atoms with Gasteiger partial charge in [-0.25, -0.2) is 0 Å². The van der Waals surface area contributed by atoms with Crippen molar-refractivity contribution in [3.63, 3.8) is 0 Å². The van der Waals surface area contributed by atoms with E-state index >= 15 is 0 Å². The maximum absolute atomic E-state index is 9.57. The highest BCUT2D eigenvalue weighted by atomic mass is 16.3. The van der Waals surface area contributed by atoms with Gasteiger partial charge >= 0.3 is 0 Å². The fraction of sp³-hybridized carbons (Fsp3) is 1.00. The molecule has 0 rings (SSSR count). The second-order valence-corrected chi connectivity index (χ2v) is 11.2. The summed E-state index contributed by atoms with van der Waals surface area (Å²) in [4.78, 5) is 0. The van der Waals surface area contributed by atoms with E-state index < -0.39 is 0 Å². The predicted octanol–water partition coefficient (Wildman–Crippen LogP) is 10.5. The number of hydrogen-bond donors (Lipinski definition) is 1. The highest BCUT2D eigenvalue weighted by molar-refractivity contribution is 4.62. The fourth-order valence-corrected chi connectivity index (χ4v) is 4.81. The zero-order valence-corrected chi connectivity index (χ0v) is 22.6. The van der Waals surface area contributed by atoms with Crippen molar-refractivity contribution < 1.29 is 5.11 Å². The molecule has 1 nitrogen and oxygen atoms in total. The molecule has 31 heavy (non-hydrogen) atoms. The first-order chi connectivity index (χ1) is 15.0. The molecule has 0 aromatic rings. The number of rotatable bonds is 24. The maximum atomic E-state index is 9.57. The Kier molecular flexibility index (Phi) is 23.1. The van der Waals surface area contributed by atoms with Crippen LogP contribution in [0.3, 0.4) is 0 Å². The Hall–Kier alpha value is -0.0400. The Morgan fingerprint density at radius 1 is 0.419 bits per heavy atom. The van der Waals surface area contributed by atoms with Crippen molar-refractivity contribution in [2.45, 2.75) is 176 Å². The molecule has 0 saturated carbocycles. The molecule has 0 aliphatic heterocycles. The predicted molar refractivity (Wildman–Crippen MR) is 142 cm³/mol. The molecular weight excluding hydrogens is 376 g/mol. The van der Waals surface area contributed by atoms with Crippen LogP contribution in [0.1, 0.15) is 169 Å². The largest absolute Gasteiger partial charge is 0.393 e. The second-order valence-electron chi connectivity index (χ2n) is 11.2. The Morgan fingerprint density at radius 2 is 0.742 bits per heavy atom.